The third-order valence-corrected chi connectivity index (χ3v) is 6.49. The SMILES string of the molecule is COC(=O)c1c(OCC2CCCN(C)C2)cc(=O)n2c1CCN(CC1CC1)CC2. The number of likely N-dealkylation sites (tertiary alicyclic amines) is 1. The van der Waals surface area contributed by atoms with Crippen molar-refractivity contribution in [2.75, 3.05) is 53.5 Å². The Hall–Kier alpha value is -1.86. The van der Waals surface area contributed by atoms with Crippen molar-refractivity contribution in [2.45, 2.75) is 38.6 Å². The molecule has 0 spiro atoms. The molecule has 29 heavy (non-hydrogen) atoms. The Bertz CT molecular complexity index is 802. The van der Waals surface area contributed by atoms with Gasteiger partial charge in [0.2, 0.25) is 0 Å². The van der Waals surface area contributed by atoms with Crippen LogP contribution in [0.4, 0.5) is 0 Å². The van der Waals surface area contributed by atoms with E-state index in [1.807, 2.05) is 0 Å². The fourth-order valence-electron chi connectivity index (χ4n) is 4.69. The first-order valence-corrected chi connectivity index (χ1v) is 10.9. The summed E-state index contributed by atoms with van der Waals surface area (Å²) in [7, 11) is 3.51. The zero-order valence-corrected chi connectivity index (χ0v) is 17.7. The minimum absolute atomic E-state index is 0.0864. The summed E-state index contributed by atoms with van der Waals surface area (Å²) < 4.78 is 12.9. The van der Waals surface area contributed by atoms with Gasteiger partial charge in [0.15, 0.2) is 0 Å². The lowest BCUT2D eigenvalue weighted by Gasteiger charge is -2.29. The topological polar surface area (TPSA) is 64.0 Å². The summed E-state index contributed by atoms with van der Waals surface area (Å²) in [5, 5.41) is 0. The van der Waals surface area contributed by atoms with E-state index in [2.05, 4.69) is 16.8 Å². The lowest BCUT2D eigenvalue weighted by molar-refractivity contribution is 0.0590. The number of piperidine rings is 1. The molecule has 1 unspecified atom stereocenters. The molecule has 1 atom stereocenters. The third kappa shape index (κ3) is 4.83. The van der Waals surface area contributed by atoms with Gasteiger partial charge in [-0.05, 0) is 45.2 Å². The normalized spacial score (nSPS) is 23.3. The van der Waals surface area contributed by atoms with Crippen LogP contribution in [0.5, 0.6) is 5.75 Å². The van der Waals surface area contributed by atoms with Crippen molar-refractivity contribution in [2.24, 2.45) is 11.8 Å². The van der Waals surface area contributed by atoms with Crippen molar-refractivity contribution in [1.29, 1.82) is 0 Å². The second kappa shape index (κ2) is 8.88. The summed E-state index contributed by atoms with van der Waals surface area (Å²) in [5.74, 6) is 1.19. The maximum absolute atomic E-state index is 12.8. The maximum Gasteiger partial charge on any atom is 0.343 e. The smallest absolute Gasteiger partial charge is 0.343 e. The Morgan fingerprint density at radius 1 is 1.14 bits per heavy atom. The molecule has 2 fully saturated rings. The first-order chi connectivity index (χ1) is 14.0. The number of hydrogen-bond acceptors (Lipinski definition) is 6. The van der Waals surface area contributed by atoms with Crippen LogP contribution in [0.1, 0.15) is 41.7 Å². The van der Waals surface area contributed by atoms with Crippen LogP contribution >= 0.6 is 0 Å². The molecule has 0 aromatic carbocycles. The Labute approximate surface area is 172 Å². The van der Waals surface area contributed by atoms with Crippen molar-refractivity contribution in [1.82, 2.24) is 14.4 Å². The molecule has 1 saturated heterocycles. The number of methoxy groups -OCH3 is 1. The van der Waals surface area contributed by atoms with Crippen LogP contribution in [0.25, 0.3) is 0 Å². The summed E-state index contributed by atoms with van der Waals surface area (Å²) in [6.07, 6.45) is 5.54. The fourth-order valence-corrected chi connectivity index (χ4v) is 4.69. The number of fused-ring (bicyclic) bond motifs is 1. The molecule has 4 rings (SSSR count). The highest BCUT2D eigenvalue weighted by Crippen LogP contribution is 2.31. The average Bonchev–Trinajstić information content (AvgIpc) is 3.54. The van der Waals surface area contributed by atoms with Crippen molar-refractivity contribution in [3.8, 4) is 5.75 Å². The van der Waals surface area contributed by atoms with Gasteiger partial charge in [-0.2, -0.15) is 0 Å². The minimum Gasteiger partial charge on any atom is -0.492 e. The summed E-state index contributed by atoms with van der Waals surface area (Å²) in [6.45, 7) is 6.02. The van der Waals surface area contributed by atoms with Crippen molar-refractivity contribution >= 4 is 5.97 Å². The third-order valence-electron chi connectivity index (χ3n) is 6.49. The van der Waals surface area contributed by atoms with E-state index in [0.29, 0.717) is 36.8 Å². The number of carbonyl (C=O) groups is 1. The zero-order valence-electron chi connectivity index (χ0n) is 17.7. The number of ether oxygens (including phenoxy) is 2. The van der Waals surface area contributed by atoms with E-state index in [4.69, 9.17) is 9.47 Å². The molecule has 3 aliphatic rings. The van der Waals surface area contributed by atoms with Crippen molar-refractivity contribution < 1.29 is 14.3 Å². The standard InChI is InChI=1S/C22H33N3O4/c1-23-8-3-4-17(13-23)15-29-19-12-20(26)25-11-10-24(14-16-5-6-16)9-7-18(25)21(19)22(27)28-2/h12,16-17H,3-11,13-15H2,1-2H3. The van der Waals surface area contributed by atoms with Crippen LogP contribution in [0.2, 0.25) is 0 Å². The lowest BCUT2D eigenvalue weighted by atomic mass is 9.99. The number of aromatic nitrogens is 1. The predicted octanol–water partition coefficient (Wildman–Crippen LogP) is 1.62. The van der Waals surface area contributed by atoms with Gasteiger partial charge in [-0.1, -0.05) is 0 Å². The lowest BCUT2D eigenvalue weighted by Crippen LogP contribution is -2.35. The summed E-state index contributed by atoms with van der Waals surface area (Å²) >= 11 is 0. The molecule has 3 heterocycles. The molecule has 0 amide bonds. The van der Waals surface area contributed by atoms with E-state index in [1.54, 1.807) is 4.57 Å². The Morgan fingerprint density at radius 3 is 2.69 bits per heavy atom. The number of nitrogens with zero attached hydrogens (tertiary/aromatic N) is 3. The van der Waals surface area contributed by atoms with Crippen LogP contribution in [0.15, 0.2) is 10.9 Å². The predicted molar refractivity (Wildman–Crippen MR) is 111 cm³/mol. The molecule has 0 N–H and O–H groups in total. The van der Waals surface area contributed by atoms with Gasteiger partial charge in [0.25, 0.3) is 5.56 Å². The molecule has 1 saturated carbocycles. The van der Waals surface area contributed by atoms with Gasteiger partial charge < -0.3 is 23.8 Å². The van der Waals surface area contributed by atoms with E-state index in [9.17, 15) is 9.59 Å². The summed E-state index contributed by atoms with van der Waals surface area (Å²) in [4.78, 5) is 30.2. The number of esters is 1. The van der Waals surface area contributed by atoms with Crippen molar-refractivity contribution in [3.63, 3.8) is 0 Å². The largest absolute Gasteiger partial charge is 0.492 e. The Balaban J connectivity index is 1.57. The molecule has 0 bridgehead atoms. The van der Waals surface area contributed by atoms with E-state index in [1.165, 1.54) is 26.0 Å². The van der Waals surface area contributed by atoms with E-state index < -0.39 is 5.97 Å². The zero-order chi connectivity index (χ0) is 20.4. The minimum atomic E-state index is -0.417. The van der Waals surface area contributed by atoms with Crippen LogP contribution in [-0.2, 0) is 17.7 Å². The first kappa shape index (κ1) is 20.4. The van der Waals surface area contributed by atoms with E-state index in [-0.39, 0.29) is 5.56 Å². The number of carbonyl (C=O) groups excluding carboxylic acids is 1. The molecule has 7 heteroatoms. The van der Waals surface area contributed by atoms with Gasteiger partial charge in [0, 0.05) is 56.8 Å². The average molecular weight is 404 g/mol. The molecule has 0 radical (unpaired) electrons. The number of pyridine rings is 1. The van der Waals surface area contributed by atoms with Crippen LogP contribution < -0.4 is 10.3 Å². The number of hydrogen-bond donors (Lipinski definition) is 0. The highest BCUT2D eigenvalue weighted by molar-refractivity contribution is 5.93. The molecule has 7 nitrogen and oxygen atoms in total. The maximum atomic E-state index is 12.8. The molecule has 1 aromatic heterocycles. The van der Waals surface area contributed by atoms with Gasteiger partial charge in [0.05, 0.1) is 13.7 Å². The fraction of sp³-hybridized carbons (Fsp3) is 0.727. The molecule has 160 valence electrons. The van der Waals surface area contributed by atoms with Crippen LogP contribution in [0, 0.1) is 11.8 Å². The van der Waals surface area contributed by atoms with Crippen LogP contribution in [-0.4, -0.2) is 73.8 Å². The summed E-state index contributed by atoms with van der Waals surface area (Å²) in [6, 6.07) is 1.48. The Kier molecular flexibility index (Phi) is 6.25. The monoisotopic (exact) mass is 403 g/mol. The van der Waals surface area contributed by atoms with Gasteiger partial charge >= 0.3 is 5.97 Å². The van der Waals surface area contributed by atoms with Gasteiger partial charge in [-0.15, -0.1) is 0 Å². The Morgan fingerprint density at radius 2 is 1.97 bits per heavy atom. The molecular formula is C22H33N3O4. The van der Waals surface area contributed by atoms with Crippen molar-refractivity contribution in [3.05, 3.63) is 27.7 Å². The second-order valence-corrected chi connectivity index (χ2v) is 8.89. The van der Waals surface area contributed by atoms with Crippen LogP contribution in [0.3, 0.4) is 0 Å². The first-order valence-electron chi connectivity index (χ1n) is 10.9. The molecule has 2 aliphatic heterocycles. The van der Waals surface area contributed by atoms with E-state index in [0.717, 1.165) is 57.2 Å². The quantitative estimate of drug-likeness (QED) is 0.673. The number of rotatable bonds is 6. The molecule has 1 aromatic rings. The molecule has 1 aliphatic carbocycles. The van der Waals surface area contributed by atoms with Gasteiger partial charge in [-0.25, -0.2) is 4.79 Å². The second-order valence-electron chi connectivity index (χ2n) is 8.89. The molecular weight excluding hydrogens is 370 g/mol. The van der Waals surface area contributed by atoms with Gasteiger partial charge in [-0.3, -0.25) is 4.79 Å². The van der Waals surface area contributed by atoms with Gasteiger partial charge in [0.1, 0.15) is 11.3 Å². The summed E-state index contributed by atoms with van der Waals surface area (Å²) in [5.41, 5.74) is 1.11. The highest BCUT2D eigenvalue weighted by atomic mass is 16.5. The van der Waals surface area contributed by atoms with E-state index >= 15 is 0 Å². The highest BCUT2D eigenvalue weighted by Gasteiger charge is 2.29.